The van der Waals surface area contributed by atoms with Gasteiger partial charge < -0.3 is 4.42 Å². The Morgan fingerprint density at radius 2 is 1.02 bits per heavy atom. The summed E-state index contributed by atoms with van der Waals surface area (Å²) in [5, 5.41) is 5.66. The number of benzene rings is 7. The van der Waals surface area contributed by atoms with Crippen LogP contribution in [0.2, 0.25) is 0 Å². The predicted molar refractivity (Wildman–Crippen MR) is 236 cm³/mol. The molecule has 0 aliphatic carbocycles. The van der Waals surface area contributed by atoms with E-state index in [9.17, 15) is 0 Å². The quantitative estimate of drug-likeness (QED) is 0.174. The van der Waals surface area contributed by atoms with Gasteiger partial charge >= 0.3 is 0 Å². The van der Waals surface area contributed by atoms with Gasteiger partial charge in [0.05, 0.1) is 0 Å². The van der Waals surface area contributed by atoms with Crippen LogP contribution in [0.5, 0.6) is 0 Å². The Hall–Kier alpha value is -7.13. The average Bonchev–Trinajstić information content (AvgIpc) is 3.97. The van der Waals surface area contributed by atoms with Gasteiger partial charge in [-0.1, -0.05) is 127 Å². The summed E-state index contributed by atoms with van der Waals surface area (Å²) in [5.41, 5.74) is 7.85. The van der Waals surface area contributed by atoms with Crippen LogP contribution < -0.4 is 0 Å². The number of aromatic nitrogens is 5. The number of thiophene rings is 2. The van der Waals surface area contributed by atoms with E-state index in [1.54, 1.807) is 22.7 Å². The first-order valence-electron chi connectivity index (χ1n) is 18.7. The second kappa shape index (κ2) is 12.7. The van der Waals surface area contributed by atoms with Crippen LogP contribution in [0.3, 0.4) is 0 Å². The average molecular weight is 766 g/mol. The number of rotatable bonds is 5. The van der Waals surface area contributed by atoms with Gasteiger partial charge in [-0.25, -0.2) is 24.9 Å². The van der Waals surface area contributed by atoms with Gasteiger partial charge in [0.25, 0.3) is 0 Å². The molecular weight excluding hydrogens is 739 g/mol. The highest BCUT2D eigenvalue weighted by atomic mass is 32.1. The second-order valence-corrected chi connectivity index (χ2v) is 16.1. The summed E-state index contributed by atoms with van der Waals surface area (Å²) in [6.07, 6.45) is 0. The van der Waals surface area contributed by atoms with Gasteiger partial charge in [-0.3, -0.25) is 0 Å². The van der Waals surface area contributed by atoms with Gasteiger partial charge in [-0.05, 0) is 36.4 Å². The third-order valence-corrected chi connectivity index (χ3v) is 12.9. The van der Waals surface area contributed by atoms with Gasteiger partial charge in [0.15, 0.2) is 28.9 Å². The van der Waals surface area contributed by atoms with Gasteiger partial charge in [0.1, 0.15) is 16.8 Å². The number of hydrogen-bond donors (Lipinski definition) is 0. The summed E-state index contributed by atoms with van der Waals surface area (Å²) in [7, 11) is 0. The normalized spacial score (nSPS) is 11.9. The molecule has 0 saturated carbocycles. The molecule has 0 bridgehead atoms. The second-order valence-electron chi connectivity index (χ2n) is 14.0. The van der Waals surface area contributed by atoms with Crippen LogP contribution in [-0.4, -0.2) is 24.9 Å². The Morgan fingerprint density at radius 1 is 0.386 bits per heavy atom. The van der Waals surface area contributed by atoms with E-state index in [1.165, 1.54) is 20.2 Å². The minimum absolute atomic E-state index is 0.638. The lowest BCUT2D eigenvalue weighted by Crippen LogP contribution is -2.00. The highest BCUT2D eigenvalue weighted by Crippen LogP contribution is 2.44. The largest absolute Gasteiger partial charge is 0.452 e. The SMILES string of the molecule is c1ccc(-c2nc(-c3cccc4c3sc3ccccc34)nc(-c3cccc4sc5cc(-c6nc(-c7ccccc7)nc7c6oc6ccccc67)ccc5c34)n2)cc1. The van der Waals surface area contributed by atoms with Crippen LogP contribution in [0.25, 0.3) is 119 Å². The molecule has 0 radical (unpaired) electrons. The van der Waals surface area contributed by atoms with Crippen LogP contribution in [-0.2, 0) is 0 Å². The summed E-state index contributed by atoms with van der Waals surface area (Å²) < 4.78 is 11.2. The molecule has 5 heterocycles. The van der Waals surface area contributed by atoms with Gasteiger partial charge in [0, 0.05) is 73.5 Å². The van der Waals surface area contributed by atoms with Crippen LogP contribution in [0, 0.1) is 0 Å². The Morgan fingerprint density at radius 3 is 1.84 bits per heavy atom. The molecule has 7 aromatic carbocycles. The lowest BCUT2D eigenvalue weighted by atomic mass is 10.0. The number of furan rings is 1. The van der Waals surface area contributed by atoms with E-state index in [0.29, 0.717) is 28.9 Å². The lowest BCUT2D eigenvalue weighted by Gasteiger charge is -2.10. The molecule has 266 valence electrons. The van der Waals surface area contributed by atoms with Crippen LogP contribution in [0.1, 0.15) is 0 Å². The Labute approximate surface area is 333 Å². The molecule has 0 saturated heterocycles. The van der Waals surface area contributed by atoms with Crippen molar-refractivity contribution in [3.05, 3.63) is 164 Å². The van der Waals surface area contributed by atoms with Crippen molar-refractivity contribution in [2.45, 2.75) is 0 Å². The summed E-state index contributed by atoms with van der Waals surface area (Å²) in [4.78, 5) is 25.8. The zero-order valence-corrected chi connectivity index (χ0v) is 31.7. The molecule has 8 heteroatoms. The Kier molecular flexibility index (Phi) is 7.17. The standard InChI is InChI=1S/C49H27N5OS2/c1-3-13-28(14-4-1)46-50-42(44-43(51-46)33-18-7-9-22-37(33)55-44)30-25-26-34-40(27-30)56-39-24-12-20-35(41(34)39)48-52-47(29-15-5-2-6-16-29)53-49(54-48)36-21-11-19-32-31-17-8-10-23-38(31)57-45(32)36/h1-27H. The molecule has 0 unspecified atom stereocenters. The van der Waals surface area contributed by atoms with Gasteiger partial charge in [0.2, 0.25) is 0 Å². The first-order valence-corrected chi connectivity index (χ1v) is 20.3. The van der Waals surface area contributed by atoms with E-state index >= 15 is 0 Å². The minimum Gasteiger partial charge on any atom is -0.452 e. The number of hydrogen-bond acceptors (Lipinski definition) is 8. The number of nitrogens with zero attached hydrogens (tertiary/aromatic N) is 5. The molecule has 0 fully saturated rings. The number of para-hydroxylation sites is 1. The molecule has 0 aliphatic heterocycles. The van der Waals surface area contributed by atoms with Crippen molar-refractivity contribution in [3.8, 4) is 56.8 Å². The molecule has 12 aromatic rings. The van der Waals surface area contributed by atoms with Crippen molar-refractivity contribution >= 4 is 85.1 Å². The van der Waals surface area contributed by atoms with E-state index in [1.807, 2.05) is 66.7 Å². The summed E-state index contributed by atoms with van der Waals surface area (Å²) in [6, 6.07) is 56.3. The predicted octanol–water partition coefficient (Wildman–Crippen LogP) is 13.6. The zero-order valence-electron chi connectivity index (χ0n) is 30.0. The van der Waals surface area contributed by atoms with Crippen molar-refractivity contribution in [2.75, 3.05) is 0 Å². The lowest BCUT2D eigenvalue weighted by molar-refractivity contribution is 0.667. The first kappa shape index (κ1) is 32.1. The number of fused-ring (bicyclic) bond motifs is 9. The third kappa shape index (κ3) is 5.19. The van der Waals surface area contributed by atoms with Crippen molar-refractivity contribution < 1.29 is 4.42 Å². The van der Waals surface area contributed by atoms with E-state index in [-0.39, 0.29) is 0 Å². The fourth-order valence-corrected chi connectivity index (χ4v) is 10.3. The summed E-state index contributed by atoms with van der Waals surface area (Å²) in [5.74, 6) is 2.59. The highest BCUT2D eigenvalue weighted by Gasteiger charge is 2.22. The van der Waals surface area contributed by atoms with Crippen molar-refractivity contribution in [2.24, 2.45) is 0 Å². The van der Waals surface area contributed by atoms with Crippen LogP contribution >= 0.6 is 22.7 Å². The van der Waals surface area contributed by atoms with E-state index in [0.717, 1.165) is 70.2 Å². The Balaban J connectivity index is 1.06. The minimum atomic E-state index is 0.638. The molecule has 0 amide bonds. The highest BCUT2D eigenvalue weighted by molar-refractivity contribution is 7.26. The fourth-order valence-electron chi connectivity index (χ4n) is 7.92. The molecule has 12 rings (SSSR count). The van der Waals surface area contributed by atoms with Crippen LogP contribution in [0.4, 0.5) is 0 Å². The molecule has 0 atom stereocenters. The fraction of sp³-hybridized carbons (Fsp3) is 0. The molecule has 0 spiro atoms. The summed E-state index contributed by atoms with van der Waals surface area (Å²) >= 11 is 3.53. The smallest absolute Gasteiger partial charge is 0.180 e. The first-order chi connectivity index (χ1) is 28.2. The maximum Gasteiger partial charge on any atom is 0.180 e. The zero-order chi connectivity index (χ0) is 37.5. The van der Waals surface area contributed by atoms with E-state index in [4.69, 9.17) is 29.3 Å². The van der Waals surface area contributed by atoms with Crippen molar-refractivity contribution in [1.82, 2.24) is 24.9 Å². The van der Waals surface area contributed by atoms with E-state index in [2.05, 4.69) is 97.1 Å². The molecule has 5 aromatic heterocycles. The summed E-state index contributed by atoms with van der Waals surface area (Å²) in [6.45, 7) is 0. The maximum absolute atomic E-state index is 6.47. The molecular formula is C49H27N5OS2. The monoisotopic (exact) mass is 765 g/mol. The van der Waals surface area contributed by atoms with Crippen molar-refractivity contribution in [1.29, 1.82) is 0 Å². The third-order valence-electron chi connectivity index (χ3n) is 10.6. The van der Waals surface area contributed by atoms with Crippen LogP contribution in [0.15, 0.2) is 168 Å². The molecule has 57 heavy (non-hydrogen) atoms. The topological polar surface area (TPSA) is 77.6 Å². The van der Waals surface area contributed by atoms with Gasteiger partial charge in [-0.2, -0.15) is 0 Å². The molecule has 6 nitrogen and oxygen atoms in total. The van der Waals surface area contributed by atoms with Gasteiger partial charge in [-0.15, -0.1) is 22.7 Å². The maximum atomic E-state index is 6.47. The molecule has 0 aliphatic rings. The Bertz CT molecular complexity index is 3540. The molecule has 0 N–H and O–H groups in total. The van der Waals surface area contributed by atoms with Crippen molar-refractivity contribution in [3.63, 3.8) is 0 Å². The van der Waals surface area contributed by atoms with E-state index < -0.39 is 0 Å².